The van der Waals surface area contributed by atoms with Gasteiger partial charge in [0, 0.05) is 22.5 Å². The fourth-order valence-electron chi connectivity index (χ4n) is 2.77. The predicted octanol–water partition coefficient (Wildman–Crippen LogP) is 3.64. The van der Waals surface area contributed by atoms with Crippen LogP contribution in [0.2, 0.25) is 5.02 Å². The molecule has 106 valence electrons. The van der Waals surface area contributed by atoms with Gasteiger partial charge >= 0.3 is 0 Å². The van der Waals surface area contributed by atoms with Crippen molar-refractivity contribution in [3.63, 3.8) is 0 Å². The van der Waals surface area contributed by atoms with Gasteiger partial charge in [0.25, 0.3) is 0 Å². The highest BCUT2D eigenvalue weighted by molar-refractivity contribution is 6.30. The highest BCUT2D eigenvalue weighted by Crippen LogP contribution is 2.33. The van der Waals surface area contributed by atoms with E-state index in [9.17, 15) is 0 Å². The molecule has 0 unspecified atom stereocenters. The fourth-order valence-corrected chi connectivity index (χ4v) is 2.97. The van der Waals surface area contributed by atoms with Crippen LogP contribution in [0, 0.1) is 0 Å². The monoisotopic (exact) mass is 291 g/mol. The van der Waals surface area contributed by atoms with Crippen LogP contribution in [0.4, 0.5) is 0 Å². The van der Waals surface area contributed by atoms with E-state index in [-0.39, 0.29) is 0 Å². The summed E-state index contributed by atoms with van der Waals surface area (Å²) in [7, 11) is 2.02. The third-order valence-electron chi connectivity index (χ3n) is 4.01. The fraction of sp³-hybridized carbons (Fsp3) is 0.467. The Morgan fingerprint density at radius 2 is 2.05 bits per heavy atom. The maximum absolute atomic E-state index is 5.99. The van der Waals surface area contributed by atoms with Gasteiger partial charge in [-0.25, -0.2) is 0 Å². The lowest BCUT2D eigenvalue weighted by molar-refractivity contribution is 0.289. The van der Waals surface area contributed by atoms with Gasteiger partial charge in [-0.2, -0.15) is 4.98 Å². The Balaban J connectivity index is 1.74. The van der Waals surface area contributed by atoms with Crippen molar-refractivity contribution in [1.29, 1.82) is 0 Å². The van der Waals surface area contributed by atoms with Gasteiger partial charge in [-0.3, -0.25) is 0 Å². The van der Waals surface area contributed by atoms with Gasteiger partial charge in [-0.1, -0.05) is 28.9 Å². The standard InChI is InChI=1S/C15H18ClN3O/c1-17-13-7-5-10(6-8-13)15-18-14(19-20-15)11-3-2-4-12(16)9-11/h2-4,9-10,13,17H,5-8H2,1H3. The van der Waals surface area contributed by atoms with Crippen molar-refractivity contribution in [3.05, 3.63) is 35.2 Å². The highest BCUT2D eigenvalue weighted by atomic mass is 35.5. The second-order valence-electron chi connectivity index (χ2n) is 5.30. The molecule has 0 aliphatic heterocycles. The number of hydrogen-bond donors (Lipinski definition) is 1. The van der Waals surface area contributed by atoms with E-state index >= 15 is 0 Å². The zero-order valence-electron chi connectivity index (χ0n) is 11.5. The first-order chi connectivity index (χ1) is 9.76. The molecule has 0 amide bonds. The third kappa shape index (κ3) is 2.86. The molecule has 3 rings (SSSR count). The van der Waals surface area contributed by atoms with Crippen molar-refractivity contribution < 1.29 is 4.52 Å². The second-order valence-corrected chi connectivity index (χ2v) is 5.74. The summed E-state index contributed by atoms with van der Waals surface area (Å²) in [6.07, 6.45) is 4.53. The van der Waals surface area contributed by atoms with Crippen molar-refractivity contribution in [2.45, 2.75) is 37.6 Å². The normalized spacial score (nSPS) is 22.9. The van der Waals surface area contributed by atoms with Crippen LogP contribution >= 0.6 is 11.6 Å². The molecule has 4 nitrogen and oxygen atoms in total. The molecule has 0 bridgehead atoms. The topological polar surface area (TPSA) is 51.0 Å². The molecule has 0 spiro atoms. The summed E-state index contributed by atoms with van der Waals surface area (Å²) in [5, 5.41) is 8.10. The van der Waals surface area contributed by atoms with E-state index in [4.69, 9.17) is 16.1 Å². The Kier molecular flexibility index (Phi) is 4.03. The van der Waals surface area contributed by atoms with Crippen LogP contribution in [0.1, 0.15) is 37.5 Å². The molecule has 5 heteroatoms. The van der Waals surface area contributed by atoms with Gasteiger partial charge in [0.1, 0.15) is 0 Å². The van der Waals surface area contributed by atoms with E-state index in [1.165, 1.54) is 0 Å². The molecule has 2 aromatic rings. The molecule has 20 heavy (non-hydrogen) atoms. The van der Waals surface area contributed by atoms with Crippen LogP contribution in [0.25, 0.3) is 11.4 Å². The average Bonchev–Trinajstić information content (AvgIpc) is 2.97. The summed E-state index contributed by atoms with van der Waals surface area (Å²) in [5.41, 5.74) is 0.899. The van der Waals surface area contributed by atoms with Gasteiger partial charge in [0.2, 0.25) is 11.7 Å². The summed E-state index contributed by atoms with van der Waals surface area (Å²) in [6, 6.07) is 8.16. The maximum atomic E-state index is 5.99. The molecule has 1 aromatic heterocycles. The zero-order chi connectivity index (χ0) is 13.9. The summed E-state index contributed by atoms with van der Waals surface area (Å²) >= 11 is 5.99. The summed E-state index contributed by atoms with van der Waals surface area (Å²) in [4.78, 5) is 4.54. The van der Waals surface area contributed by atoms with Crippen LogP contribution in [0.15, 0.2) is 28.8 Å². The first kappa shape index (κ1) is 13.6. The van der Waals surface area contributed by atoms with Crippen LogP contribution in [0.5, 0.6) is 0 Å². The van der Waals surface area contributed by atoms with E-state index in [2.05, 4.69) is 15.5 Å². The minimum Gasteiger partial charge on any atom is -0.339 e. The van der Waals surface area contributed by atoms with Gasteiger partial charge in [0.15, 0.2) is 0 Å². The molecule has 1 aromatic carbocycles. The number of halogens is 1. The molecule has 0 atom stereocenters. The van der Waals surface area contributed by atoms with E-state index in [1.54, 1.807) is 0 Å². The Morgan fingerprint density at radius 3 is 2.75 bits per heavy atom. The SMILES string of the molecule is CNC1CCC(c2nc(-c3cccc(Cl)c3)no2)CC1. The van der Waals surface area contributed by atoms with Crippen molar-refractivity contribution in [2.24, 2.45) is 0 Å². The third-order valence-corrected chi connectivity index (χ3v) is 4.24. The number of nitrogens with zero attached hydrogens (tertiary/aromatic N) is 2. The Hall–Kier alpha value is -1.39. The summed E-state index contributed by atoms with van der Waals surface area (Å²) in [5.74, 6) is 1.77. The number of hydrogen-bond acceptors (Lipinski definition) is 4. The molecular formula is C15H18ClN3O. The molecule has 1 aliphatic carbocycles. The largest absolute Gasteiger partial charge is 0.339 e. The van der Waals surface area contributed by atoms with Gasteiger partial charge in [-0.05, 0) is 44.9 Å². The molecule has 1 N–H and O–H groups in total. The van der Waals surface area contributed by atoms with Crippen LogP contribution in [0.3, 0.4) is 0 Å². The lowest BCUT2D eigenvalue weighted by Crippen LogP contribution is -2.29. The molecule has 0 radical (unpaired) electrons. The number of nitrogens with one attached hydrogen (secondary N) is 1. The minimum atomic E-state index is 0.389. The predicted molar refractivity (Wildman–Crippen MR) is 78.8 cm³/mol. The van der Waals surface area contributed by atoms with Gasteiger partial charge in [0.05, 0.1) is 0 Å². The summed E-state index contributed by atoms with van der Waals surface area (Å²) < 4.78 is 5.44. The Labute approximate surface area is 123 Å². The molecule has 1 fully saturated rings. The average molecular weight is 292 g/mol. The summed E-state index contributed by atoms with van der Waals surface area (Å²) in [6.45, 7) is 0. The highest BCUT2D eigenvalue weighted by Gasteiger charge is 2.25. The van der Waals surface area contributed by atoms with Crippen molar-refractivity contribution in [3.8, 4) is 11.4 Å². The number of benzene rings is 1. The zero-order valence-corrected chi connectivity index (χ0v) is 12.2. The number of aromatic nitrogens is 2. The Bertz CT molecular complexity index is 576. The van der Waals surface area contributed by atoms with Crippen LogP contribution in [-0.4, -0.2) is 23.2 Å². The first-order valence-corrected chi connectivity index (χ1v) is 7.41. The number of rotatable bonds is 3. The molecular weight excluding hydrogens is 274 g/mol. The molecule has 0 saturated heterocycles. The second kappa shape index (κ2) is 5.94. The lowest BCUT2D eigenvalue weighted by Gasteiger charge is -2.25. The maximum Gasteiger partial charge on any atom is 0.230 e. The van der Waals surface area contributed by atoms with Crippen LogP contribution < -0.4 is 5.32 Å². The first-order valence-electron chi connectivity index (χ1n) is 7.03. The van der Waals surface area contributed by atoms with E-state index in [1.807, 2.05) is 31.3 Å². The van der Waals surface area contributed by atoms with Crippen molar-refractivity contribution >= 4 is 11.6 Å². The smallest absolute Gasteiger partial charge is 0.230 e. The molecule has 1 saturated carbocycles. The van der Waals surface area contributed by atoms with Crippen molar-refractivity contribution in [1.82, 2.24) is 15.5 Å². The van der Waals surface area contributed by atoms with Gasteiger partial charge < -0.3 is 9.84 Å². The quantitative estimate of drug-likeness (QED) is 0.938. The van der Waals surface area contributed by atoms with E-state index < -0.39 is 0 Å². The van der Waals surface area contributed by atoms with Gasteiger partial charge in [-0.15, -0.1) is 0 Å². The lowest BCUT2D eigenvalue weighted by atomic mass is 9.86. The van der Waals surface area contributed by atoms with Crippen molar-refractivity contribution in [2.75, 3.05) is 7.05 Å². The van der Waals surface area contributed by atoms with E-state index in [0.29, 0.717) is 22.8 Å². The minimum absolute atomic E-state index is 0.389. The van der Waals surface area contributed by atoms with E-state index in [0.717, 1.165) is 37.1 Å². The molecule has 1 aliphatic rings. The Morgan fingerprint density at radius 1 is 1.25 bits per heavy atom. The van der Waals surface area contributed by atoms with Crippen LogP contribution in [-0.2, 0) is 0 Å². The molecule has 1 heterocycles.